The van der Waals surface area contributed by atoms with Crippen molar-refractivity contribution in [3.63, 3.8) is 0 Å². The van der Waals surface area contributed by atoms with Crippen LogP contribution in [0.25, 0.3) is 22.3 Å². The van der Waals surface area contributed by atoms with Crippen molar-refractivity contribution in [3.05, 3.63) is 53.7 Å². The summed E-state index contributed by atoms with van der Waals surface area (Å²) in [6.45, 7) is 0. The molecular formula is C16H8F3N5OS2. The largest absolute Gasteiger partial charge is 0.433 e. The Kier molecular flexibility index (Phi) is 4.62. The highest BCUT2D eigenvalue weighted by molar-refractivity contribution is 7.99. The SMILES string of the molecule is FC(F)(F)c1cc(Sc2nnc(-c3cccs3)o2)nc(-c2ccccn2)n1. The molecule has 0 radical (unpaired) electrons. The van der Waals surface area contributed by atoms with E-state index in [0.29, 0.717) is 5.89 Å². The van der Waals surface area contributed by atoms with Gasteiger partial charge >= 0.3 is 6.18 Å². The van der Waals surface area contributed by atoms with Crippen LogP contribution in [0.15, 0.2) is 62.6 Å². The van der Waals surface area contributed by atoms with Gasteiger partial charge in [0.05, 0.1) is 4.88 Å². The van der Waals surface area contributed by atoms with Crippen LogP contribution in [-0.2, 0) is 6.18 Å². The second-order valence-corrected chi connectivity index (χ2v) is 7.00. The normalized spacial score (nSPS) is 11.7. The zero-order chi connectivity index (χ0) is 18.9. The van der Waals surface area contributed by atoms with Gasteiger partial charge in [0.1, 0.15) is 16.4 Å². The second-order valence-electron chi connectivity index (χ2n) is 5.08. The third-order valence-electron chi connectivity index (χ3n) is 3.22. The van der Waals surface area contributed by atoms with E-state index in [4.69, 9.17) is 4.42 Å². The van der Waals surface area contributed by atoms with Crippen molar-refractivity contribution in [3.8, 4) is 22.3 Å². The van der Waals surface area contributed by atoms with Gasteiger partial charge in [-0.05, 0) is 35.3 Å². The molecule has 0 N–H and O–H groups in total. The van der Waals surface area contributed by atoms with E-state index in [1.54, 1.807) is 18.2 Å². The molecule has 11 heteroatoms. The van der Waals surface area contributed by atoms with E-state index >= 15 is 0 Å². The lowest BCUT2D eigenvalue weighted by molar-refractivity contribution is -0.141. The molecule has 6 nitrogen and oxygen atoms in total. The number of thiophene rings is 1. The number of nitrogens with zero attached hydrogens (tertiary/aromatic N) is 5. The van der Waals surface area contributed by atoms with Gasteiger partial charge in [0.25, 0.3) is 11.1 Å². The fraction of sp³-hybridized carbons (Fsp3) is 0.0625. The van der Waals surface area contributed by atoms with Crippen LogP contribution in [0.1, 0.15) is 5.69 Å². The Hall–Kier alpha value is -2.79. The third kappa shape index (κ3) is 3.98. The van der Waals surface area contributed by atoms with Crippen molar-refractivity contribution in [2.24, 2.45) is 0 Å². The molecule has 0 saturated carbocycles. The Morgan fingerprint density at radius 2 is 1.93 bits per heavy atom. The minimum atomic E-state index is -4.63. The Morgan fingerprint density at radius 3 is 2.63 bits per heavy atom. The zero-order valence-corrected chi connectivity index (χ0v) is 14.8. The van der Waals surface area contributed by atoms with E-state index < -0.39 is 11.9 Å². The van der Waals surface area contributed by atoms with E-state index in [-0.39, 0.29) is 21.8 Å². The fourth-order valence-electron chi connectivity index (χ4n) is 2.07. The van der Waals surface area contributed by atoms with Crippen molar-refractivity contribution in [1.29, 1.82) is 0 Å². The summed E-state index contributed by atoms with van der Waals surface area (Å²) in [6, 6.07) is 9.30. The molecule has 136 valence electrons. The van der Waals surface area contributed by atoms with Crippen LogP contribution >= 0.6 is 23.1 Å². The van der Waals surface area contributed by atoms with E-state index in [2.05, 4.69) is 25.1 Å². The quantitative estimate of drug-likeness (QED) is 0.449. The summed E-state index contributed by atoms with van der Waals surface area (Å²) >= 11 is 2.24. The molecule has 4 aromatic rings. The van der Waals surface area contributed by atoms with Gasteiger partial charge in [0.2, 0.25) is 0 Å². The summed E-state index contributed by atoms with van der Waals surface area (Å²) in [4.78, 5) is 12.5. The molecule has 0 bridgehead atoms. The maximum Gasteiger partial charge on any atom is 0.433 e. The first kappa shape index (κ1) is 17.6. The molecule has 0 aliphatic heterocycles. The Morgan fingerprint density at radius 1 is 1.04 bits per heavy atom. The fourth-order valence-corrected chi connectivity index (χ4v) is 3.40. The van der Waals surface area contributed by atoms with Gasteiger partial charge < -0.3 is 4.42 Å². The summed E-state index contributed by atoms with van der Waals surface area (Å²) in [5.74, 6) is 0.161. The van der Waals surface area contributed by atoms with Crippen molar-refractivity contribution in [1.82, 2.24) is 25.1 Å². The first-order valence-corrected chi connectivity index (χ1v) is 9.11. The molecule has 0 saturated heterocycles. The average Bonchev–Trinajstić information content (AvgIpc) is 3.33. The first-order chi connectivity index (χ1) is 13.0. The summed E-state index contributed by atoms with van der Waals surface area (Å²) in [5, 5.41) is 9.72. The third-order valence-corrected chi connectivity index (χ3v) is 4.83. The topological polar surface area (TPSA) is 77.6 Å². The van der Waals surface area contributed by atoms with Crippen LogP contribution in [0.5, 0.6) is 0 Å². The maximum absolute atomic E-state index is 13.2. The molecule has 0 aromatic carbocycles. The van der Waals surface area contributed by atoms with Gasteiger partial charge in [0, 0.05) is 12.3 Å². The van der Waals surface area contributed by atoms with E-state index in [9.17, 15) is 13.2 Å². The number of alkyl halides is 3. The smallest absolute Gasteiger partial charge is 0.410 e. The summed E-state index contributed by atoms with van der Waals surface area (Å²) < 4.78 is 45.2. The minimum absolute atomic E-state index is 0.0272. The summed E-state index contributed by atoms with van der Waals surface area (Å²) in [7, 11) is 0. The highest BCUT2D eigenvalue weighted by Crippen LogP contribution is 2.34. The molecule has 4 heterocycles. The predicted molar refractivity (Wildman–Crippen MR) is 92.0 cm³/mol. The van der Waals surface area contributed by atoms with E-state index in [0.717, 1.165) is 22.7 Å². The number of halogens is 3. The Labute approximate surface area is 158 Å². The van der Waals surface area contributed by atoms with Gasteiger partial charge in [-0.1, -0.05) is 12.1 Å². The van der Waals surface area contributed by atoms with Crippen LogP contribution < -0.4 is 0 Å². The van der Waals surface area contributed by atoms with Gasteiger partial charge in [0.15, 0.2) is 5.82 Å². The molecule has 4 aromatic heterocycles. The van der Waals surface area contributed by atoms with Crippen LogP contribution in [0.2, 0.25) is 0 Å². The first-order valence-electron chi connectivity index (χ1n) is 7.42. The van der Waals surface area contributed by atoms with Crippen LogP contribution in [0, 0.1) is 0 Å². The van der Waals surface area contributed by atoms with E-state index in [1.165, 1.54) is 23.6 Å². The molecule has 0 fully saturated rings. The number of pyridine rings is 1. The zero-order valence-electron chi connectivity index (χ0n) is 13.2. The molecule has 0 spiro atoms. The van der Waals surface area contributed by atoms with Crippen molar-refractivity contribution < 1.29 is 17.6 Å². The van der Waals surface area contributed by atoms with Crippen molar-refractivity contribution in [2.75, 3.05) is 0 Å². The van der Waals surface area contributed by atoms with Crippen molar-refractivity contribution in [2.45, 2.75) is 16.4 Å². The molecule has 4 rings (SSSR count). The second kappa shape index (κ2) is 7.08. The number of rotatable bonds is 4. The molecule has 0 aliphatic carbocycles. The predicted octanol–water partition coefficient (Wildman–Crippen LogP) is 4.82. The van der Waals surface area contributed by atoms with Gasteiger partial charge in [-0.25, -0.2) is 9.97 Å². The number of hydrogen-bond donors (Lipinski definition) is 0. The minimum Gasteiger partial charge on any atom is -0.410 e. The standard InChI is InChI=1S/C16H8F3N5OS2/c17-16(18,19)11-8-12(22-13(21-11)9-4-1-2-6-20-9)27-15-24-23-14(25-15)10-5-3-7-26-10/h1-8H. The molecule has 0 unspecified atom stereocenters. The molecule has 27 heavy (non-hydrogen) atoms. The maximum atomic E-state index is 13.2. The van der Waals surface area contributed by atoms with Crippen LogP contribution in [0.4, 0.5) is 13.2 Å². The van der Waals surface area contributed by atoms with Crippen LogP contribution in [-0.4, -0.2) is 25.1 Å². The summed E-state index contributed by atoms with van der Waals surface area (Å²) in [5.41, 5.74) is -0.839. The summed E-state index contributed by atoms with van der Waals surface area (Å²) in [6.07, 6.45) is -3.17. The van der Waals surface area contributed by atoms with Crippen LogP contribution in [0.3, 0.4) is 0 Å². The van der Waals surface area contributed by atoms with Crippen molar-refractivity contribution >= 4 is 23.1 Å². The lowest BCUT2D eigenvalue weighted by atomic mass is 10.3. The lowest BCUT2D eigenvalue weighted by Crippen LogP contribution is -2.10. The monoisotopic (exact) mass is 407 g/mol. The van der Waals surface area contributed by atoms with Gasteiger partial charge in [-0.2, -0.15) is 13.2 Å². The van der Waals surface area contributed by atoms with Gasteiger partial charge in [-0.15, -0.1) is 21.5 Å². The number of aromatic nitrogens is 5. The Balaban J connectivity index is 1.70. The Bertz CT molecular complexity index is 1050. The number of hydrogen-bond acceptors (Lipinski definition) is 8. The lowest BCUT2D eigenvalue weighted by Gasteiger charge is -2.09. The molecule has 0 aliphatic rings. The molecule has 0 amide bonds. The highest BCUT2D eigenvalue weighted by atomic mass is 32.2. The highest BCUT2D eigenvalue weighted by Gasteiger charge is 2.34. The average molecular weight is 407 g/mol. The molecular weight excluding hydrogens is 399 g/mol. The molecule has 0 atom stereocenters. The van der Waals surface area contributed by atoms with Gasteiger partial charge in [-0.3, -0.25) is 4.98 Å². The van der Waals surface area contributed by atoms with E-state index in [1.807, 2.05) is 11.4 Å².